The Morgan fingerprint density at radius 3 is 2.59 bits per heavy atom. The second-order valence-corrected chi connectivity index (χ2v) is 9.33. The van der Waals surface area contributed by atoms with Crippen molar-refractivity contribution >= 4 is 22.0 Å². The van der Waals surface area contributed by atoms with Crippen LogP contribution in [0.25, 0.3) is 0 Å². The Kier molecular flexibility index (Phi) is 9.59. The van der Waals surface area contributed by atoms with Gasteiger partial charge < -0.3 is 20.1 Å². The van der Waals surface area contributed by atoms with Crippen LogP contribution in [0.2, 0.25) is 0 Å². The molecule has 0 aliphatic carbocycles. The summed E-state index contributed by atoms with van der Waals surface area (Å²) < 4.78 is 34.6. The monoisotopic (exact) mass is 467 g/mol. The number of carbonyl (C=O) groups is 2. The maximum atomic E-state index is 12.4. The molecule has 0 saturated carbocycles. The highest BCUT2D eigenvalue weighted by Gasteiger charge is 2.36. The predicted octanol–water partition coefficient (Wildman–Crippen LogP) is 1.21. The van der Waals surface area contributed by atoms with Crippen LogP contribution >= 0.6 is 0 Å². The molecule has 10 nitrogen and oxygen atoms in total. The summed E-state index contributed by atoms with van der Waals surface area (Å²) in [5.41, 5.74) is 0.956. The second-order valence-electron chi connectivity index (χ2n) is 7.90. The molecular formula is C21H29N3O7S. The number of carboxylic acid groups (broad SMARTS) is 1. The second kappa shape index (κ2) is 11.9. The molecule has 2 saturated heterocycles. The minimum atomic E-state index is -4.02. The van der Waals surface area contributed by atoms with Gasteiger partial charge in [-0.15, -0.1) is 0 Å². The van der Waals surface area contributed by atoms with E-state index in [1.54, 1.807) is 17.0 Å². The zero-order valence-corrected chi connectivity index (χ0v) is 18.8. The van der Waals surface area contributed by atoms with Crippen molar-refractivity contribution in [3.8, 4) is 6.07 Å². The van der Waals surface area contributed by atoms with Crippen molar-refractivity contribution in [3.05, 3.63) is 29.8 Å². The van der Waals surface area contributed by atoms with E-state index in [-0.39, 0.29) is 29.5 Å². The number of carbonyl (C=O) groups excluding carboxylic acids is 1. The standard InChI is InChI=1S/C14H21N3O4.C7H8O3S/c15-7-11-2-1-4-17(11)14(20)12-6-10(8-16-12)3-5-21-9-13(18)19;1-6-2-4-7(5-3-6)11(8,9)10/h10-12,16H,1-6,8-9H2,(H,18,19);2-5H,1H3,(H,8,9,10)/t10-,11-,12-;/m0./s1. The molecule has 2 fully saturated rings. The molecule has 2 heterocycles. The van der Waals surface area contributed by atoms with Crippen LogP contribution in [0.15, 0.2) is 29.2 Å². The van der Waals surface area contributed by atoms with Crippen LogP contribution < -0.4 is 5.32 Å². The summed E-state index contributed by atoms with van der Waals surface area (Å²) in [4.78, 5) is 24.3. The number of carboxylic acids is 1. The van der Waals surface area contributed by atoms with E-state index in [0.717, 1.165) is 37.8 Å². The molecule has 3 N–H and O–H groups in total. The van der Waals surface area contributed by atoms with Gasteiger partial charge in [-0.2, -0.15) is 13.7 Å². The minimum Gasteiger partial charge on any atom is -0.480 e. The molecule has 2 aliphatic heterocycles. The zero-order valence-electron chi connectivity index (χ0n) is 17.9. The maximum Gasteiger partial charge on any atom is 0.329 e. The van der Waals surface area contributed by atoms with E-state index in [2.05, 4.69) is 11.4 Å². The van der Waals surface area contributed by atoms with Gasteiger partial charge in [0.15, 0.2) is 0 Å². The van der Waals surface area contributed by atoms with Gasteiger partial charge in [0, 0.05) is 13.2 Å². The molecule has 176 valence electrons. The Morgan fingerprint density at radius 2 is 2.00 bits per heavy atom. The van der Waals surface area contributed by atoms with Gasteiger partial charge in [0.2, 0.25) is 5.91 Å². The van der Waals surface area contributed by atoms with Crippen molar-refractivity contribution in [3.63, 3.8) is 0 Å². The van der Waals surface area contributed by atoms with Gasteiger partial charge in [0.25, 0.3) is 10.1 Å². The number of nitrogens with one attached hydrogen (secondary N) is 1. The Balaban J connectivity index is 0.000000278. The van der Waals surface area contributed by atoms with Crippen molar-refractivity contribution < 1.29 is 32.4 Å². The first-order chi connectivity index (χ1) is 15.1. The van der Waals surface area contributed by atoms with E-state index in [9.17, 15) is 18.0 Å². The number of aryl methyl sites for hydroxylation is 1. The molecule has 0 aromatic heterocycles. The van der Waals surface area contributed by atoms with Crippen molar-refractivity contribution in [2.45, 2.75) is 49.6 Å². The average Bonchev–Trinajstić information content (AvgIpc) is 3.40. The van der Waals surface area contributed by atoms with Crippen molar-refractivity contribution in [2.24, 2.45) is 5.92 Å². The summed E-state index contributed by atoms with van der Waals surface area (Å²) in [7, 11) is -4.02. The summed E-state index contributed by atoms with van der Waals surface area (Å²) in [6.07, 6.45) is 3.13. The van der Waals surface area contributed by atoms with Gasteiger partial charge in [0.1, 0.15) is 12.6 Å². The quantitative estimate of drug-likeness (QED) is 0.396. The molecule has 0 radical (unpaired) electrons. The molecule has 0 spiro atoms. The first-order valence-corrected chi connectivity index (χ1v) is 11.8. The summed E-state index contributed by atoms with van der Waals surface area (Å²) in [6, 6.07) is 7.67. The summed E-state index contributed by atoms with van der Waals surface area (Å²) in [6.45, 7) is 3.36. The largest absolute Gasteiger partial charge is 0.480 e. The maximum absolute atomic E-state index is 12.4. The number of hydrogen-bond donors (Lipinski definition) is 3. The van der Waals surface area contributed by atoms with E-state index in [1.807, 2.05) is 6.92 Å². The highest BCUT2D eigenvalue weighted by Crippen LogP contribution is 2.23. The number of benzene rings is 1. The van der Waals surface area contributed by atoms with Gasteiger partial charge in [-0.25, -0.2) is 4.79 Å². The number of rotatable bonds is 7. The third kappa shape index (κ3) is 7.87. The lowest BCUT2D eigenvalue weighted by molar-refractivity contribution is -0.142. The average molecular weight is 468 g/mol. The number of nitrogens with zero attached hydrogens (tertiary/aromatic N) is 2. The number of nitriles is 1. The summed E-state index contributed by atoms with van der Waals surface area (Å²) >= 11 is 0. The molecule has 0 unspecified atom stereocenters. The van der Waals surface area contributed by atoms with Crippen LogP contribution in [-0.2, 0) is 24.4 Å². The van der Waals surface area contributed by atoms with Crippen LogP contribution in [0.1, 0.15) is 31.2 Å². The van der Waals surface area contributed by atoms with Crippen LogP contribution in [0, 0.1) is 24.2 Å². The number of ether oxygens (including phenoxy) is 1. The topological polar surface area (TPSA) is 157 Å². The van der Waals surface area contributed by atoms with Crippen molar-refractivity contribution in [2.75, 3.05) is 26.3 Å². The molecule has 2 aliphatic rings. The van der Waals surface area contributed by atoms with Gasteiger partial charge in [-0.3, -0.25) is 9.35 Å². The smallest absolute Gasteiger partial charge is 0.329 e. The SMILES string of the molecule is Cc1ccc(S(=O)(=O)O)cc1.N#C[C@@H]1CCCN1C(=O)[C@@H]1C[C@H](CCOCC(=O)O)CN1. The summed E-state index contributed by atoms with van der Waals surface area (Å²) in [5.74, 6) is -0.631. The zero-order chi connectivity index (χ0) is 23.7. The van der Waals surface area contributed by atoms with E-state index >= 15 is 0 Å². The Labute approximate surface area is 187 Å². The minimum absolute atomic E-state index is 0.0213. The van der Waals surface area contributed by atoms with Crippen LogP contribution in [0.5, 0.6) is 0 Å². The lowest BCUT2D eigenvalue weighted by Gasteiger charge is -2.23. The number of hydrogen-bond acceptors (Lipinski definition) is 7. The lowest BCUT2D eigenvalue weighted by Crippen LogP contribution is -2.45. The molecule has 32 heavy (non-hydrogen) atoms. The number of amides is 1. The molecule has 3 atom stereocenters. The molecular weight excluding hydrogens is 438 g/mol. The first-order valence-electron chi connectivity index (χ1n) is 10.4. The number of aliphatic carboxylic acids is 1. The van der Waals surface area contributed by atoms with Crippen molar-refractivity contribution in [1.82, 2.24) is 10.2 Å². The fourth-order valence-corrected chi connectivity index (χ4v) is 4.18. The molecule has 11 heteroatoms. The Morgan fingerprint density at radius 1 is 1.31 bits per heavy atom. The van der Waals surface area contributed by atoms with E-state index in [4.69, 9.17) is 19.7 Å². The van der Waals surface area contributed by atoms with E-state index in [1.165, 1.54) is 12.1 Å². The highest BCUT2D eigenvalue weighted by atomic mass is 32.2. The third-order valence-electron chi connectivity index (χ3n) is 5.42. The van der Waals surface area contributed by atoms with Gasteiger partial charge in [-0.1, -0.05) is 17.7 Å². The normalized spacial score (nSPS) is 22.7. The van der Waals surface area contributed by atoms with Gasteiger partial charge in [-0.05, 0) is 57.2 Å². The molecule has 1 aromatic rings. The Bertz CT molecular complexity index is 928. The molecule has 1 amide bonds. The Hall–Kier alpha value is -2.52. The number of likely N-dealkylation sites (tertiary alicyclic amines) is 1. The van der Waals surface area contributed by atoms with Gasteiger partial charge in [0.05, 0.1) is 17.0 Å². The van der Waals surface area contributed by atoms with Crippen LogP contribution in [-0.4, -0.2) is 73.2 Å². The fourth-order valence-electron chi connectivity index (χ4n) is 3.70. The highest BCUT2D eigenvalue weighted by molar-refractivity contribution is 7.85. The third-order valence-corrected chi connectivity index (χ3v) is 6.29. The first kappa shape index (κ1) is 25.7. The van der Waals surface area contributed by atoms with E-state index in [0.29, 0.717) is 19.1 Å². The van der Waals surface area contributed by atoms with Crippen LogP contribution in [0.4, 0.5) is 0 Å². The fraction of sp³-hybridized carbons (Fsp3) is 0.571. The van der Waals surface area contributed by atoms with Crippen LogP contribution in [0.3, 0.4) is 0 Å². The molecule has 0 bridgehead atoms. The molecule has 3 rings (SSSR count). The predicted molar refractivity (Wildman–Crippen MR) is 114 cm³/mol. The molecule has 1 aromatic carbocycles. The van der Waals surface area contributed by atoms with Gasteiger partial charge >= 0.3 is 5.97 Å². The summed E-state index contributed by atoms with van der Waals surface area (Å²) in [5, 5.41) is 20.7. The lowest BCUT2D eigenvalue weighted by atomic mass is 10.0. The van der Waals surface area contributed by atoms with Crippen molar-refractivity contribution in [1.29, 1.82) is 5.26 Å². The van der Waals surface area contributed by atoms with E-state index < -0.39 is 16.1 Å².